The van der Waals surface area contributed by atoms with Gasteiger partial charge in [0.2, 0.25) is 0 Å². The number of ether oxygens (including phenoxy) is 1. The lowest BCUT2D eigenvalue weighted by atomic mass is 9.98. The molecule has 0 unspecified atom stereocenters. The summed E-state index contributed by atoms with van der Waals surface area (Å²) in [6.07, 6.45) is -3.96. The minimum Gasteiger partial charge on any atom is -0.389 e. The largest absolute Gasteiger partial charge is 0.389 e. The Hall–Kier alpha value is -0.200. The average molecular weight is 163 g/mol. The third-order valence-corrected chi connectivity index (χ3v) is 1.92. The first-order valence-electron chi connectivity index (χ1n) is 3.49. The van der Waals surface area contributed by atoms with Crippen LogP contribution in [0.15, 0.2) is 0 Å². The van der Waals surface area contributed by atoms with Gasteiger partial charge >= 0.3 is 0 Å². The van der Waals surface area contributed by atoms with E-state index in [1.54, 1.807) is 6.92 Å². The van der Waals surface area contributed by atoms with Gasteiger partial charge in [0.25, 0.3) is 0 Å². The quantitative estimate of drug-likeness (QED) is 0.324. The van der Waals surface area contributed by atoms with Crippen LogP contribution in [0.3, 0.4) is 0 Å². The average Bonchev–Trinajstić information content (AvgIpc) is 1.97. The van der Waals surface area contributed by atoms with Crippen LogP contribution in [0.1, 0.15) is 6.92 Å². The van der Waals surface area contributed by atoms with Crippen LogP contribution in [-0.2, 0) is 4.74 Å². The third kappa shape index (κ3) is 1.52. The van der Waals surface area contributed by atoms with Crippen LogP contribution in [0.5, 0.6) is 0 Å². The Morgan fingerprint density at radius 3 is 2.27 bits per heavy atom. The Morgan fingerprint density at radius 1 is 1.18 bits per heavy atom. The molecule has 0 aromatic rings. The summed E-state index contributed by atoms with van der Waals surface area (Å²) in [6.45, 7) is 1.58. The highest BCUT2D eigenvalue weighted by molar-refractivity contribution is 4.89. The van der Waals surface area contributed by atoms with Crippen molar-refractivity contribution in [3.63, 3.8) is 0 Å². The molecule has 0 aromatic carbocycles. The van der Waals surface area contributed by atoms with E-state index in [-0.39, 0.29) is 0 Å². The van der Waals surface area contributed by atoms with Gasteiger partial charge in [0.15, 0.2) is 6.29 Å². The summed E-state index contributed by atoms with van der Waals surface area (Å²) in [5.41, 5.74) is 5.36. The standard InChI is InChI=1S/C6H13NO4/c1-2-4(8)3(7)5(9)6(10)11-2/h2-6,8-10H,7H2,1H3/t2-,3-,4+,5-,6+/m1/s1. The van der Waals surface area contributed by atoms with Crippen molar-refractivity contribution < 1.29 is 20.1 Å². The van der Waals surface area contributed by atoms with Crippen molar-refractivity contribution in [2.24, 2.45) is 5.73 Å². The van der Waals surface area contributed by atoms with Crippen LogP contribution in [0, 0.1) is 0 Å². The van der Waals surface area contributed by atoms with Crippen LogP contribution in [0.4, 0.5) is 0 Å². The van der Waals surface area contributed by atoms with E-state index in [0.29, 0.717) is 0 Å². The lowest BCUT2D eigenvalue weighted by Crippen LogP contribution is -2.60. The molecule has 5 atom stereocenters. The maximum atomic E-state index is 9.21. The number of hydrogen-bond acceptors (Lipinski definition) is 5. The molecule has 11 heavy (non-hydrogen) atoms. The monoisotopic (exact) mass is 163 g/mol. The van der Waals surface area contributed by atoms with E-state index in [4.69, 9.17) is 20.7 Å². The molecule has 1 fully saturated rings. The minimum absolute atomic E-state index is 0.539. The fourth-order valence-corrected chi connectivity index (χ4v) is 1.09. The molecule has 5 N–H and O–H groups in total. The molecule has 0 aliphatic carbocycles. The van der Waals surface area contributed by atoms with E-state index >= 15 is 0 Å². The number of hydrogen-bond donors (Lipinski definition) is 4. The first kappa shape index (κ1) is 8.89. The second-order valence-electron chi connectivity index (χ2n) is 2.79. The van der Waals surface area contributed by atoms with Gasteiger partial charge in [0, 0.05) is 0 Å². The van der Waals surface area contributed by atoms with Gasteiger partial charge in [0.1, 0.15) is 6.10 Å². The molecule has 5 nitrogen and oxygen atoms in total. The van der Waals surface area contributed by atoms with Crippen LogP contribution in [0.2, 0.25) is 0 Å². The molecule has 1 aliphatic rings. The molecular formula is C6H13NO4. The van der Waals surface area contributed by atoms with Crippen molar-refractivity contribution in [1.29, 1.82) is 0 Å². The van der Waals surface area contributed by atoms with Crippen molar-refractivity contribution in [1.82, 2.24) is 0 Å². The smallest absolute Gasteiger partial charge is 0.182 e. The molecule has 0 saturated carbocycles. The van der Waals surface area contributed by atoms with Crippen molar-refractivity contribution in [3.05, 3.63) is 0 Å². The number of rotatable bonds is 0. The van der Waals surface area contributed by atoms with Gasteiger partial charge in [-0.2, -0.15) is 0 Å². The SMILES string of the molecule is C[C@H]1O[C@H](O)[C@H](O)[C@H](N)[C@H]1O. The predicted octanol–water partition coefficient (Wildman–Crippen LogP) is -2.23. The molecule has 0 amide bonds. The van der Waals surface area contributed by atoms with Gasteiger partial charge < -0.3 is 25.8 Å². The van der Waals surface area contributed by atoms with Crippen molar-refractivity contribution in [2.75, 3.05) is 0 Å². The molecule has 5 heteroatoms. The Labute approximate surface area is 64.4 Å². The van der Waals surface area contributed by atoms with Gasteiger partial charge in [0.05, 0.1) is 18.2 Å². The lowest BCUT2D eigenvalue weighted by Gasteiger charge is -2.37. The molecule has 1 heterocycles. The van der Waals surface area contributed by atoms with Crippen LogP contribution in [-0.4, -0.2) is 46.0 Å². The van der Waals surface area contributed by atoms with E-state index in [2.05, 4.69) is 0 Å². The Bertz CT molecular complexity index is 129. The molecule has 0 aromatic heterocycles. The maximum Gasteiger partial charge on any atom is 0.182 e. The number of aliphatic hydroxyl groups is 3. The minimum atomic E-state index is -1.29. The highest BCUT2D eigenvalue weighted by Crippen LogP contribution is 2.17. The molecule has 1 saturated heterocycles. The fraction of sp³-hybridized carbons (Fsp3) is 1.00. The summed E-state index contributed by atoms with van der Waals surface area (Å²) >= 11 is 0. The van der Waals surface area contributed by atoms with Gasteiger partial charge in [-0.1, -0.05) is 0 Å². The number of aliphatic hydroxyl groups excluding tert-OH is 3. The second-order valence-corrected chi connectivity index (χ2v) is 2.79. The fourth-order valence-electron chi connectivity index (χ4n) is 1.09. The molecular weight excluding hydrogens is 150 g/mol. The summed E-state index contributed by atoms with van der Waals surface area (Å²) < 4.78 is 4.76. The normalized spacial score (nSPS) is 52.6. The maximum absolute atomic E-state index is 9.21. The van der Waals surface area contributed by atoms with Gasteiger partial charge in [-0.3, -0.25) is 0 Å². The summed E-state index contributed by atoms with van der Waals surface area (Å²) in [5, 5.41) is 27.3. The topological polar surface area (TPSA) is 95.9 Å². The lowest BCUT2D eigenvalue weighted by molar-refractivity contribution is -0.247. The molecule has 0 spiro atoms. The van der Waals surface area contributed by atoms with Gasteiger partial charge in [-0.25, -0.2) is 0 Å². The van der Waals surface area contributed by atoms with E-state index in [0.717, 1.165) is 0 Å². The van der Waals surface area contributed by atoms with E-state index in [1.807, 2.05) is 0 Å². The van der Waals surface area contributed by atoms with Crippen LogP contribution in [0.25, 0.3) is 0 Å². The molecule has 1 aliphatic heterocycles. The van der Waals surface area contributed by atoms with E-state index < -0.39 is 30.6 Å². The van der Waals surface area contributed by atoms with Crippen molar-refractivity contribution in [3.8, 4) is 0 Å². The third-order valence-electron chi connectivity index (χ3n) is 1.92. The summed E-state index contributed by atoms with van der Waals surface area (Å²) in [5.74, 6) is 0. The highest BCUT2D eigenvalue weighted by Gasteiger charge is 2.39. The molecule has 0 radical (unpaired) electrons. The second kappa shape index (κ2) is 3.04. The van der Waals surface area contributed by atoms with Crippen LogP contribution < -0.4 is 5.73 Å². The molecule has 66 valence electrons. The van der Waals surface area contributed by atoms with Crippen molar-refractivity contribution in [2.45, 2.75) is 37.6 Å². The zero-order valence-electron chi connectivity index (χ0n) is 6.21. The predicted molar refractivity (Wildman–Crippen MR) is 36.5 cm³/mol. The first-order valence-corrected chi connectivity index (χ1v) is 3.49. The Kier molecular flexibility index (Phi) is 2.46. The Morgan fingerprint density at radius 2 is 1.73 bits per heavy atom. The zero-order valence-corrected chi connectivity index (χ0v) is 6.21. The van der Waals surface area contributed by atoms with Gasteiger partial charge in [-0.05, 0) is 6.92 Å². The summed E-state index contributed by atoms with van der Waals surface area (Å²) in [6, 6.07) is -0.839. The van der Waals surface area contributed by atoms with Crippen LogP contribution >= 0.6 is 0 Å². The molecule has 0 bridgehead atoms. The zero-order chi connectivity index (χ0) is 8.59. The summed E-state index contributed by atoms with van der Waals surface area (Å²) in [4.78, 5) is 0. The number of nitrogens with two attached hydrogens (primary N) is 1. The van der Waals surface area contributed by atoms with E-state index in [1.165, 1.54) is 0 Å². The summed E-state index contributed by atoms with van der Waals surface area (Å²) in [7, 11) is 0. The van der Waals surface area contributed by atoms with E-state index in [9.17, 15) is 5.11 Å². The highest BCUT2D eigenvalue weighted by atomic mass is 16.6. The Balaban J connectivity index is 2.63. The van der Waals surface area contributed by atoms with Gasteiger partial charge in [-0.15, -0.1) is 0 Å². The molecule has 1 rings (SSSR count). The van der Waals surface area contributed by atoms with Crippen molar-refractivity contribution >= 4 is 0 Å². The first-order chi connectivity index (χ1) is 5.04.